The van der Waals surface area contributed by atoms with Gasteiger partial charge in [-0.2, -0.15) is 0 Å². The number of fused-ring (bicyclic) bond motifs is 1. The highest BCUT2D eigenvalue weighted by Gasteiger charge is 2.14. The Bertz CT molecular complexity index is 804. The molecule has 1 aromatic heterocycles. The summed E-state index contributed by atoms with van der Waals surface area (Å²) in [5, 5.41) is 3.28. The summed E-state index contributed by atoms with van der Waals surface area (Å²) in [5.74, 6) is -1.29. The van der Waals surface area contributed by atoms with Gasteiger partial charge in [-0.1, -0.05) is 18.2 Å². The average molecular weight is 358 g/mol. The number of nitrogens with one attached hydrogen (secondary N) is 1. The molecule has 0 aliphatic rings. The molecule has 0 radical (unpaired) electrons. The first kappa shape index (κ1) is 19.4. The van der Waals surface area contributed by atoms with Crippen molar-refractivity contribution in [1.29, 1.82) is 0 Å². The summed E-state index contributed by atoms with van der Waals surface area (Å²) in [6.07, 6.45) is 0.697. The van der Waals surface area contributed by atoms with Crippen LogP contribution < -0.4 is 5.32 Å². The van der Waals surface area contributed by atoms with Crippen molar-refractivity contribution in [3.05, 3.63) is 41.6 Å². The number of benzene rings is 1. The molecule has 2 aromatic rings. The monoisotopic (exact) mass is 358 g/mol. The Hall–Kier alpha value is -2.96. The van der Waals surface area contributed by atoms with Crippen LogP contribution in [0.2, 0.25) is 0 Å². The second-order valence-corrected chi connectivity index (χ2v) is 5.66. The summed E-state index contributed by atoms with van der Waals surface area (Å²) in [6.45, 7) is 3.80. The van der Waals surface area contributed by atoms with E-state index < -0.39 is 11.9 Å². The number of rotatable bonds is 8. The number of nitrogens with zero attached hydrogens (tertiary/aromatic N) is 1. The van der Waals surface area contributed by atoms with E-state index in [2.05, 4.69) is 10.3 Å². The van der Waals surface area contributed by atoms with Gasteiger partial charge in [0.15, 0.2) is 6.61 Å². The van der Waals surface area contributed by atoms with Crippen molar-refractivity contribution >= 4 is 28.7 Å². The lowest BCUT2D eigenvalue weighted by atomic mass is 10.1. The molecule has 1 heterocycles. The molecule has 0 fully saturated rings. The third-order valence-corrected chi connectivity index (χ3v) is 3.58. The quantitative estimate of drug-likeness (QED) is 0.574. The zero-order valence-electron chi connectivity index (χ0n) is 14.9. The molecule has 0 spiro atoms. The van der Waals surface area contributed by atoms with Crippen LogP contribution in [0, 0.1) is 6.92 Å². The van der Waals surface area contributed by atoms with Gasteiger partial charge >= 0.3 is 11.9 Å². The van der Waals surface area contributed by atoms with Crippen molar-refractivity contribution in [2.24, 2.45) is 0 Å². The highest BCUT2D eigenvalue weighted by Crippen LogP contribution is 2.18. The summed E-state index contributed by atoms with van der Waals surface area (Å²) >= 11 is 0. The molecule has 1 aromatic carbocycles. The van der Waals surface area contributed by atoms with Gasteiger partial charge in [0, 0.05) is 24.0 Å². The van der Waals surface area contributed by atoms with E-state index >= 15 is 0 Å². The van der Waals surface area contributed by atoms with E-state index in [-0.39, 0.29) is 19.0 Å². The Labute approximate surface area is 151 Å². The Morgan fingerprint density at radius 3 is 2.69 bits per heavy atom. The molecule has 7 nitrogen and oxygen atoms in total. The molecule has 1 N–H and O–H groups in total. The zero-order valence-corrected chi connectivity index (χ0v) is 14.9. The van der Waals surface area contributed by atoms with Crippen molar-refractivity contribution in [3.63, 3.8) is 0 Å². The zero-order chi connectivity index (χ0) is 18.9. The molecule has 0 aliphatic heterocycles. The number of pyridine rings is 1. The molecule has 138 valence electrons. The van der Waals surface area contributed by atoms with Crippen LogP contribution in [-0.4, -0.2) is 42.6 Å². The van der Waals surface area contributed by atoms with E-state index in [1.807, 2.05) is 18.2 Å². The number of para-hydroxylation sites is 1. The van der Waals surface area contributed by atoms with Crippen molar-refractivity contribution in [3.8, 4) is 0 Å². The van der Waals surface area contributed by atoms with E-state index in [4.69, 9.17) is 9.47 Å². The Kier molecular flexibility index (Phi) is 7.08. The Morgan fingerprint density at radius 2 is 1.92 bits per heavy atom. The molecular formula is C19H22N2O5. The third kappa shape index (κ3) is 5.54. The van der Waals surface area contributed by atoms with Gasteiger partial charge < -0.3 is 14.8 Å². The number of esters is 2. The molecule has 26 heavy (non-hydrogen) atoms. The maximum Gasteiger partial charge on any atom is 0.339 e. The number of hydrogen-bond donors (Lipinski definition) is 1. The van der Waals surface area contributed by atoms with Crippen LogP contribution in [0.3, 0.4) is 0 Å². The molecule has 2 rings (SSSR count). The van der Waals surface area contributed by atoms with Crippen molar-refractivity contribution in [2.45, 2.75) is 26.7 Å². The van der Waals surface area contributed by atoms with E-state index in [0.29, 0.717) is 41.7 Å². The van der Waals surface area contributed by atoms with Gasteiger partial charge in [-0.25, -0.2) is 4.79 Å². The standard InChI is InChI=1S/C19H22N2O5/c1-3-25-18(23)9-6-10-20-17(22)12-26-19(24)15-11-13(2)21-16-8-5-4-7-14(15)16/h4-5,7-8,11H,3,6,9-10,12H2,1-2H3,(H,20,22). The van der Waals surface area contributed by atoms with Gasteiger partial charge in [-0.3, -0.25) is 14.6 Å². The fourth-order valence-corrected chi connectivity index (χ4v) is 2.43. The highest BCUT2D eigenvalue weighted by atomic mass is 16.5. The molecule has 0 aliphatic carbocycles. The number of ether oxygens (including phenoxy) is 2. The first-order chi connectivity index (χ1) is 12.5. The fraction of sp³-hybridized carbons (Fsp3) is 0.368. The minimum atomic E-state index is -0.576. The van der Waals surface area contributed by atoms with Crippen molar-refractivity contribution < 1.29 is 23.9 Å². The van der Waals surface area contributed by atoms with E-state index in [0.717, 1.165) is 0 Å². The lowest BCUT2D eigenvalue weighted by Crippen LogP contribution is -2.30. The normalized spacial score (nSPS) is 10.4. The predicted octanol–water partition coefficient (Wildman–Crippen LogP) is 2.16. The number of aromatic nitrogens is 1. The molecule has 1 amide bonds. The maximum absolute atomic E-state index is 12.3. The molecule has 0 saturated heterocycles. The summed E-state index contributed by atoms with van der Waals surface area (Å²) in [5.41, 5.74) is 1.77. The molecular weight excluding hydrogens is 336 g/mol. The summed E-state index contributed by atoms with van der Waals surface area (Å²) in [4.78, 5) is 39.6. The second-order valence-electron chi connectivity index (χ2n) is 5.66. The summed E-state index contributed by atoms with van der Waals surface area (Å²) in [6, 6.07) is 8.89. The minimum Gasteiger partial charge on any atom is -0.466 e. The van der Waals surface area contributed by atoms with Crippen LogP contribution in [-0.2, 0) is 19.1 Å². The van der Waals surface area contributed by atoms with Crippen LogP contribution in [0.4, 0.5) is 0 Å². The maximum atomic E-state index is 12.3. The smallest absolute Gasteiger partial charge is 0.339 e. The number of hydrogen-bond acceptors (Lipinski definition) is 6. The van der Waals surface area contributed by atoms with E-state index in [1.54, 1.807) is 26.0 Å². The van der Waals surface area contributed by atoms with E-state index in [1.165, 1.54) is 0 Å². The van der Waals surface area contributed by atoms with E-state index in [9.17, 15) is 14.4 Å². The molecule has 0 atom stereocenters. The van der Waals surface area contributed by atoms with Crippen LogP contribution in [0.1, 0.15) is 35.8 Å². The Balaban J connectivity index is 1.83. The lowest BCUT2D eigenvalue weighted by molar-refractivity contribution is -0.143. The van der Waals surface area contributed by atoms with Crippen LogP contribution in [0.15, 0.2) is 30.3 Å². The van der Waals surface area contributed by atoms with Crippen LogP contribution >= 0.6 is 0 Å². The van der Waals surface area contributed by atoms with Gasteiger partial charge in [-0.05, 0) is 32.4 Å². The van der Waals surface area contributed by atoms with Gasteiger partial charge in [0.1, 0.15) is 0 Å². The summed E-state index contributed by atoms with van der Waals surface area (Å²) < 4.78 is 9.89. The molecule has 7 heteroatoms. The third-order valence-electron chi connectivity index (χ3n) is 3.58. The van der Waals surface area contributed by atoms with Crippen LogP contribution in [0.25, 0.3) is 10.9 Å². The lowest BCUT2D eigenvalue weighted by Gasteiger charge is -2.09. The van der Waals surface area contributed by atoms with Gasteiger partial charge in [-0.15, -0.1) is 0 Å². The van der Waals surface area contributed by atoms with Gasteiger partial charge in [0.2, 0.25) is 0 Å². The summed E-state index contributed by atoms with van der Waals surface area (Å²) in [7, 11) is 0. The number of carbonyl (C=O) groups is 3. The number of aryl methyl sites for hydroxylation is 1. The van der Waals surface area contributed by atoms with Gasteiger partial charge in [0.05, 0.1) is 17.7 Å². The van der Waals surface area contributed by atoms with Crippen molar-refractivity contribution in [2.75, 3.05) is 19.8 Å². The first-order valence-corrected chi connectivity index (χ1v) is 8.47. The molecule has 0 unspecified atom stereocenters. The van der Waals surface area contributed by atoms with Gasteiger partial charge in [0.25, 0.3) is 5.91 Å². The average Bonchev–Trinajstić information content (AvgIpc) is 2.62. The number of amides is 1. The fourth-order valence-electron chi connectivity index (χ4n) is 2.43. The minimum absolute atomic E-state index is 0.232. The SMILES string of the molecule is CCOC(=O)CCCNC(=O)COC(=O)c1cc(C)nc2ccccc12. The predicted molar refractivity (Wildman–Crippen MR) is 95.6 cm³/mol. The topological polar surface area (TPSA) is 94.6 Å². The molecule has 0 bridgehead atoms. The largest absolute Gasteiger partial charge is 0.466 e. The Morgan fingerprint density at radius 1 is 1.15 bits per heavy atom. The first-order valence-electron chi connectivity index (χ1n) is 8.47. The second kappa shape index (κ2) is 9.50. The van der Waals surface area contributed by atoms with Crippen molar-refractivity contribution in [1.82, 2.24) is 10.3 Å². The number of carbonyl (C=O) groups excluding carboxylic acids is 3. The molecule has 0 saturated carbocycles. The van der Waals surface area contributed by atoms with Crippen LogP contribution in [0.5, 0.6) is 0 Å². The highest BCUT2D eigenvalue weighted by molar-refractivity contribution is 6.04.